The number of nitrogen functional groups attached to an aromatic ring is 1. The van der Waals surface area contributed by atoms with E-state index in [1.165, 1.54) is 12.8 Å². The lowest BCUT2D eigenvalue weighted by molar-refractivity contribution is -0.124. The summed E-state index contributed by atoms with van der Waals surface area (Å²) in [6.07, 6.45) is 2.34. The van der Waals surface area contributed by atoms with Crippen LogP contribution in [0.25, 0.3) is 0 Å². The summed E-state index contributed by atoms with van der Waals surface area (Å²) in [4.78, 5) is 6.31. The van der Waals surface area contributed by atoms with Crippen LogP contribution in [-0.2, 0) is 4.74 Å². The lowest BCUT2D eigenvalue weighted by Crippen LogP contribution is -2.51. The molecule has 0 saturated carbocycles. The molecular weight excluding hydrogens is 194 g/mol. The van der Waals surface area contributed by atoms with E-state index in [0.717, 1.165) is 32.3 Å². The highest BCUT2D eigenvalue weighted by atomic mass is 16.5. The average molecular weight is 209 g/mol. The van der Waals surface area contributed by atoms with Gasteiger partial charge in [0, 0.05) is 18.5 Å². The van der Waals surface area contributed by atoms with Crippen LogP contribution in [0.4, 0.5) is 11.9 Å². The molecule has 82 valence electrons. The monoisotopic (exact) mass is 209 g/mol. The Labute approximate surface area is 87.8 Å². The largest absolute Gasteiger partial charge is 0.380 e. The molecule has 3 rings (SSSR count). The number of H-pyrrole nitrogens is 1. The number of anilines is 2. The number of ether oxygens (including phenoxy) is 1. The van der Waals surface area contributed by atoms with Gasteiger partial charge in [0.15, 0.2) is 0 Å². The molecule has 0 aliphatic carbocycles. The van der Waals surface area contributed by atoms with Crippen LogP contribution in [0.5, 0.6) is 0 Å². The highest BCUT2D eigenvalue weighted by molar-refractivity contribution is 5.34. The number of hydrogen-bond donors (Lipinski definition) is 2. The lowest BCUT2D eigenvalue weighted by atomic mass is 9.77. The highest BCUT2D eigenvalue weighted by Crippen LogP contribution is 2.38. The van der Waals surface area contributed by atoms with Crippen molar-refractivity contribution in [3.8, 4) is 0 Å². The van der Waals surface area contributed by atoms with Gasteiger partial charge in [0.1, 0.15) is 0 Å². The Balaban J connectivity index is 1.66. The summed E-state index contributed by atoms with van der Waals surface area (Å²) in [5.74, 6) is 1.11. The fourth-order valence-electron chi connectivity index (χ4n) is 2.27. The zero-order chi connectivity index (χ0) is 10.3. The molecule has 2 aliphatic heterocycles. The van der Waals surface area contributed by atoms with Crippen molar-refractivity contribution in [1.82, 2.24) is 15.2 Å². The average Bonchev–Trinajstić information content (AvgIpc) is 2.63. The summed E-state index contributed by atoms with van der Waals surface area (Å²) in [6, 6.07) is 0. The molecule has 3 heterocycles. The first-order valence-corrected chi connectivity index (χ1v) is 5.28. The maximum Gasteiger partial charge on any atom is 0.246 e. The van der Waals surface area contributed by atoms with Crippen LogP contribution in [0.15, 0.2) is 0 Å². The van der Waals surface area contributed by atoms with E-state index in [1.807, 2.05) is 0 Å². The van der Waals surface area contributed by atoms with Crippen LogP contribution in [0.2, 0.25) is 0 Å². The number of aromatic nitrogens is 3. The van der Waals surface area contributed by atoms with Crippen LogP contribution >= 0.6 is 0 Å². The number of piperidine rings is 1. The zero-order valence-corrected chi connectivity index (χ0v) is 8.57. The van der Waals surface area contributed by atoms with E-state index >= 15 is 0 Å². The topological polar surface area (TPSA) is 80.1 Å². The number of nitrogens with zero attached hydrogens (tertiary/aromatic N) is 3. The van der Waals surface area contributed by atoms with Gasteiger partial charge in [0.05, 0.1) is 13.2 Å². The summed E-state index contributed by atoms with van der Waals surface area (Å²) < 4.78 is 5.28. The van der Waals surface area contributed by atoms with Gasteiger partial charge >= 0.3 is 0 Å². The molecule has 1 spiro atoms. The third-order valence-electron chi connectivity index (χ3n) is 3.41. The fraction of sp³-hybridized carbons (Fsp3) is 0.778. The van der Waals surface area contributed by atoms with Crippen molar-refractivity contribution >= 4 is 11.9 Å². The summed E-state index contributed by atoms with van der Waals surface area (Å²) in [7, 11) is 0. The SMILES string of the molecule is Nc1nc(N2CCC3(CC2)COC3)n[nH]1. The van der Waals surface area contributed by atoms with Crippen molar-refractivity contribution in [3.63, 3.8) is 0 Å². The maximum absolute atomic E-state index is 5.50. The molecule has 6 heteroatoms. The molecule has 0 bridgehead atoms. The van der Waals surface area contributed by atoms with Gasteiger partial charge in [0.2, 0.25) is 11.9 Å². The summed E-state index contributed by atoms with van der Waals surface area (Å²) in [5.41, 5.74) is 5.96. The van der Waals surface area contributed by atoms with E-state index in [1.54, 1.807) is 0 Å². The first-order chi connectivity index (χ1) is 7.27. The van der Waals surface area contributed by atoms with Crippen molar-refractivity contribution in [1.29, 1.82) is 0 Å². The number of hydrogen-bond acceptors (Lipinski definition) is 5. The molecule has 0 atom stereocenters. The zero-order valence-electron chi connectivity index (χ0n) is 8.57. The molecule has 15 heavy (non-hydrogen) atoms. The van der Waals surface area contributed by atoms with E-state index in [2.05, 4.69) is 20.1 Å². The molecule has 1 aromatic rings. The first-order valence-electron chi connectivity index (χ1n) is 5.28. The Morgan fingerprint density at radius 1 is 1.33 bits per heavy atom. The molecule has 3 N–H and O–H groups in total. The van der Waals surface area contributed by atoms with Crippen molar-refractivity contribution in [2.75, 3.05) is 36.9 Å². The normalized spacial score (nSPS) is 24.1. The van der Waals surface area contributed by atoms with E-state index < -0.39 is 0 Å². The van der Waals surface area contributed by atoms with Crippen molar-refractivity contribution in [2.24, 2.45) is 5.41 Å². The van der Waals surface area contributed by atoms with E-state index in [9.17, 15) is 0 Å². The standard InChI is InChI=1S/C9H15N5O/c10-7-11-8(13-12-7)14-3-1-9(2-4-14)5-15-6-9/h1-6H2,(H3,10,11,12,13). The van der Waals surface area contributed by atoms with Crippen molar-refractivity contribution in [2.45, 2.75) is 12.8 Å². The van der Waals surface area contributed by atoms with E-state index in [0.29, 0.717) is 11.4 Å². The molecule has 2 saturated heterocycles. The maximum atomic E-state index is 5.50. The second-order valence-corrected chi connectivity index (χ2v) is 4.50. The summed E-state index contributed by atoms with van der Waals surface area (Å²) in [5, 5.41) is 6.73. The van der Waals surface area contributed by atoms with Gasteiger partial charge in [-0.05, 0) is 12.8 Å². The Morgan fingerprint density at radius 2 is 2.07 bits per heavy atom. The van der Waals surface area contributed by atoms with Gasteiger partial charge in [-0.3, -0.25) is 0 Å². The van der Waals surface area contributed by atoms with Crippen LogP contribution < -0.4 is 10.6 Å². The van der Waals surface area contributed by atoms with E-state index in [4.69, 9.17) is 10.5 Å². The van der Waals surface area contributed by atoms with Crippen LogP contribution in [-0.4, -0.2) is 41.5 Å². The van der Waals surface area contributed by atoms with Gasteiger partial charge in [-0.25, -0.2) is 5.10 Å². The third-order valence-corrected chi connectivity index (χ3v) is 3.41. The van der Waals surface area contributed by atoms with Crippen LogP contribution in [0.1, 0.15) is 12.8 Å². The minimum atomic E-state index is 0.386. The van der Waals surface area contributed by atoms with Crippen molar-refractivity contribution in [3.05, 3.63) is 0 Å². The summed E-state index contributed by atoms with van der Waals surface area (Å²) in [6.45, 7) is 3.86. The minimum Gasteiger partial charge on any atom is -0.380 e. The third kappa shape index (κ3) is 1.45. The highest BCUT2D eigenvalue weighted by Gasteiger charge is 2.41. The molecule has 2 fully saturated rings. The van der Waals surface area contributed by atoms with Gasteiger partial charge in [-0.1, -0.05) is 0 Å². The molecule has 2 aliphatic rings. The predicted octanol–water partition coefficient (Wildman–Crippen LogP) is 0.00370. The Hall–Kier alpha value is -1.30. The van der Waals surface area contributed by atoms with Crippen LogP contribution in [0, 0.1) is 5.41 Å². The molecule has 1 aromatic heterocycles. The first kappa shape index (κ1) is 8.96. The smallest absolute Gasteiger partial charge is 0.246 e. The molecular formula is C9H15N5O. The van der Waals surface area contributed by atoms with Crippen LogP contribution in [0.3, 0.4) is 0 Å². The Morgan fingerprint density at radius 3 is 2.53 bits per heavy atom. The second kappa shape index (κ2) is 3.10. The Bertz CT molecular complexity index is 349. The van der Waals surface area contributed by atoms with Gasteiger partial charge < -0.3 is 15.4 Å². The lowest BCUT2D eigenvalue weighted by Gasteiger charge is -2.47. The van der Waals surface area contributed by atoms with Crippen molar-refractivity contribution < 1.29 is 4.74 Å². The summed E-state index contributed by atoms with van der Waals surface area (Å²) >= 11 is 0. The van der Waals surface area contributed by atoms with Gasteiger partial charge in [-0.15, -0.1) is 5.10 Å². The molecule has 6 nitrogen and oxygen atoms in total. The van der Waals surface area contributed by atoms with Gasteiger partial charge in [0.25, 0.3) is 0 Å². The fourth-order valence-corrected chi connectivity index (χ4v) is 2.27. The number of rotatable bonds is 1. The van der Waals surface area contributed by atoms with E-state index in [-0.39, 0.29) is 0 Å². The predicted molar refractivity (Wildman–Crippen MR) is 55.5 cm³/mol. The quantitative estimate of drug-likeness (QED) is 0.680. The number of aromatic amines is 1. The number of nitrogens with two attached hydrogens (primary N) is 1. The molecule has 0 unspecified atom stereocenters. The minimum absolute atomic E-state index is 0.386. The Kier molecular flexibility index (Phi) is 1.85. The second-order valence-electron chi connectivity index (χ2n) is 4.50. The molecule has 0 radical (unpaired) electrons. The molecule has 0 aromatic carbocycles. The molecule has 0 amide bonds. The van der Waals surface area contributed by atoms with Gasteiger partial charge in [-0.2, -0.15) is 4.98 Å². The number of nitrogens with one attached hydrogen (secondary N) is 1.